The lowest BCUT2D eigenvalue weighted by Crippen LogP contribution is -2.55. The molecule has 1 aliphatic rings. The molecule has 11 heteroatoms. The molecule has 3 N–H and O–H groups in total. The van der Waals surface area contributed by atoms with Gasteiger partial charge in [-0.25, -0.2) is 4.79 Å². The van der Waals surface area contributed by atoms with Crippen LogP contribution in [0, 0.1) is 17.8 Å². The van der Waals surface area contributed by atoms with Crippen molar-refractivity contribution >= 4 is 23.7 Å². The van der Waals surface area contributed by atoms with Crippen LogP contribution in [0.15, 0.2) is 42.1 Å². The molecular formula is C34H54N4O7. The van der Waals surface area contributed by atoms with Crippen LogP contribution in [0.5, 0.6) is 0 Å². The number of esters is 1. The van der Waals surface area contributed by atoms with Crippen LogP contribution in [0.2, 0.25) is 0 Å². The second-order valence-corrected chi connectivity index (χ2v) is 12.3. The van der Waals surface area contributed by atoms with Gasteiger partial charge in [0.15, 0.2) is 0 Å². The number of amides is 3. The van der Waals surface area contributed by atoms with Crippen molar-refractivity contribution in [3.05, 3.63) is 47.7 Å². The Morgan fingerprint density at radius 1 is 1.02 bits per heavy atom. The van der Waals surface area contributed by atoms with Crippen molar-refractivity contribution in [1.29, 1.82) is 0 Å². The molecule has 7 atom stereocenters. The third kappa shape index (κ3) is 9.85. The summed E-state index contributed by atoms with van der Waals surface area (Å²) >= 11 is 0. The van der Waals surface area contributed by atoms with E-state index in [1.54, 1.807) is 30.9 Å². The summed E-state index contributed by atoms with van der Waals surface area (Å²) in [4.78, 5) is 56.4. The van der Waals surface area contributed by atoms with E-state index in [0.717, 1.165) is 12.0 Å². The zero-order valence-electron chi connectivity index (χ0n) is 28.4. The van der Waals surface area contributed by atoms with Gasteiger partial charge in [0.2, 0.25) is 17.7 Å². The van der Waals surface area contributed by atoms with E-state index in [1.165, 1.54) is 14.2 Å². The summed E-state index contributed by atoms with van der Waals surface area (Å²) in [6, 6.07) is 7.43. The van der Waals surface area contributed by atoms with E-state index in [9.17, 15) is 19.2 Å². The number of rotatable bonds is 17. The van der Waals surface area contributed by atoms with E-state index in [0.29, 0.717) is 18.7 Å². The first kappa shape index (κ1) is 37.9. The van der Waals surface area contributed by atoms with E-state index < -0.39 is 42.1 Å². The summed E-state index contributed by atoms with van der Waals surface area (Å²) < 4.78 is 16.6. The molecule has 0 aromatic heterocycles. The van der Waals surface area contributed by atoms with Crippen molar-refractivity contribution in [2.45, 2.75) is 90.6 Å². The molecule has 3 amide bonds. The molecule has 2 unspecified atom stereocenters. The Balaban J connectivity index is 2.23. The number of likely N-dealkylation sites (N-methyl/N-ethyl adjacent to an activating group) is 1. The molecule has 252 valence electrons. The van der Waals surface area contributed by atoms with Crippen LogP contribution < -0.4 is 11.1 Å². The van der Waals surface area contributed by atoms with Gasteiger partial charge in [-0.2, -0.15) is 0 Å². The fourth-order valence-electron chi connectivity index (χ4n) is 5.86. The topological polar surface area (TPSA) is 141 Å². The van der Waals surface area contributed by atoms with Crippen LogP contribution in [-0.4, -0.2) is 98.7 Å². The number of methoxy groups -OCH3 is 3. The molecule has 1 heterocycles. The first-order chi connectivity index (χ1) is 21.3. The minimum Gasteiger partial charge on any atom is -0.467 e. The maximum atomic E-state index is 13.9. The van der Waals surface area contributed by atoms with Crippen molar-refractivity contribution in [2.75, 3.05) is 34.9 Å². The summed E-state index contributed by atoms with van der Waals surface area (Å²) in [6.07, 6.45) is 2.25. The van der Waals surface area contributed by atoms with Crippen molar-refractivity contribution < 1.29 is 33.4 Å². The zero-order chi connectivity index (χ0) is 33.8. The van der Waals surface area contributed by atoms with Gasteiger partial charge in [-0.05, 0) is 23.8 Å². The number of nitrogens with two attached hydrogens (primary N) is 1. The fourth-order valence-corrected chi connectivity index (χ4v) is 5.86. The van der Waals surface area contributed by atoms with Crippen LogP contribution in [0.25, 0.3) is 0 Å². The monoisotopic (exact) mass is 630 g/mol. The Morgan fingerprint density at radius 2 is 1.67 bits per heavy atom. The number of carbonyl (C=O) groups excluding carboxylic acids is 4. The minimum absolute atomic E-state index is 0.0237. The van der Waals surface area contributed by atoms with Crippen molar-refractivity contribution in [3.8, 4) is 0 Å². The van der Waals surface area contributed by atoms with Crippen LogP contribution >= 0.6 is 0 Å². The fraction of sp³-hybridized carbons (Fsp3) is 0.647. The van der Waals surface area contributed by atoms with Crippen molar-refractivity contribution in [1.82, 2.24) is 15.1 Å². The summed E-state index contributed by atoms with van der Waals surface area (Å²) in [6.45, 7) is 10.0. The SMILES string of the molecule is CC[C@H](C)C([C@@H](CC(=O)N1CCC=C1[C@H](OC)[C@@H](C)C(=O)NC(Cc1ccccc1)C(=O)OC)OC)N(C)C(=O)[C@@H](N)C(C)C. The quantitative estimate of drug-likeness (QED) is 0.251. The third-order valence-corrected chi connectivity index (χ3v) is 8.90. The Morgan fingerprint density at radius 3 is 2.20 bits per heavy atom. The number of nitrogens with one attached hydrogen (secondary N) is 1. The Bertz CT molecular complexity index is 1160. The first-order valence-corrected chi connectivity index (χ1v) is 15.8. The molecule has 1 aromatic carbocycles. The summed E-state index contributed by atoms with van der Waals surface area (Å²) in [5.74, 6) is -2.07. The highest BCUT2D eigenvalue weighted by Crippen LogP contribution is 2.29. The predicted molar refractivity (Wildman–Crippen MR) is 173 cm³/mol. The maximum absolute atomic E-state index is 13.9. The van der Waals surface area contributed by atoms with Gasteiger partial charge >= 0.3 is 5.97 Å². The summed E-state index contributed by atoms with van der Waals surface area (Å²) in [5.41, 5.74) is 7.67. The van der Waals surface area contributed by atoms with Crippen LogP contribution in [-0.2, 0) is 39.8 Å². The lowest BCUT2D eigenvalue weighted by molar-refractivity contribution is -0.146. The highest BCUT2D eigenvalue weighted by Gasteiger charge is 2.40. The summed E-state index contributed by atoms with van der Waals surface area (Å²) in [5, 5.41) is 2.82. The molecule has 0 radical (unpaired) electrons. The maximum Gasteiger partial charge on any atom is 0.328 e. The molecule has 1 aromatic rings. The van der Waals surface area contributed by atoms with Crippen molar-refractivity contribution in [3.63, 3.8) is 0 Å². The van der Waals surface area contributed by atoms with E-state index in [2.05, 4.69) is 5.32 Å². The first-order valence-electron chi connectivity index (χ1n) is 15.8. The average Bonchev–Trinajstić information content (AvgIpc) is 3.52. The largest absolute Gasteiger partial charge is 0.467 e. The number of nitrogens with zero attached hydrogens (tertiary/aromatic N) is 2. The van der Waals surface area contributed by atoms with Gasteiger partial charge < -0.3 is 35.1 Å². The van der Waals surface area contributed by atoms with E-state index in [-0.39, 0.29) is 42.5 Å². The molecule has 0 spiro atoms. The molecule has 2 rings (SSSR count). The van der Waals surface area contributed by atoms with Gasteiger partial charge in [0.25, 0.3) is 0 Å². The molecule has 11 nitrogen and oxygen atoms in total. The van der Waals surface area contributed by atoms with Crippen LogP contribution in [0.3, 0.4) is 0 Å². The van der Waals surface area contributed by atoms with E-state index in [4.69, 9.17) is 19.9 Å². The second-order valence-electron chi connectivity index (χ2n) is 12.3. The van der Waals surface area contributed by atoms with Gasteiger partial charge in [0.1, 0.15) is 12.1 Å². The van der Waals surface area contributed by atoms with E-state index in [1.807, 2.05) is 64.1 Å². The predicted octanol–water partition coefficient (Wildman–Crippen LogP) is 2.92. The van der Waals surface area contributed by atoms with Crippen LogP contribution in [0.4, 0.5) is 0 Å². The Kier molecular flexibility index (Phi) is 15.2. The standard InChI is InChI=1S/C34H54N4O7/c1-10-22(4)30(37(6)33(41)29(35)21(2)3)27(43-7)20-28(39)38-18-14-17-26(38)31(44-8)23(5)32(40)36-25(34(42)45-9)19-24-15-12-11-13-16-24/h11-13,15-17,21-23,25,27,29-31H,10,14,18-20,35H2,1-9H3,(H,36,40)/t22-,23+,25?,27+,29-,30?,31+/m0/s1. The highest BCUT2D eigenvalue weighted by molar-refractivity contribution is 5.87. The molecular weight excluding hydrogens is 576 g/mol. The molecule has 45 heavy (non-hydrogen) atoms. The smallest absolute Gasteiger partial charge is 0.328 e. The molecule has 0 saturated carbocycles. The van der Waals surface area contributed by atoms with Crippen LogP contribution in [0.1, 0.15) is 59.4 Å². The van der Waals surface area contributed by atoms with E-state index >= 15 is 0 Å². The highest BCUT2D eigenvalue weighted by atomic mass is 16.5. The Labute approximate surface area is 268 Å². The molecule has 1 aliphatic heterocycles. The van der Waals surface area contributed by atoms with Gasteiger partial charge in [0.05, 0.1) is 37.6 Å². The minimum atomic E-state index is -0.886. The van der Waals surface area contributed by atoms with Gasteiger partial charge in [-0.1, -0.05) is 77.4 Å². The van der Waals surface area contributed by atoms with Gasteiger partial charge in [0, 0.05) is 39.9 Å². The molecule has 0 aliphatic carbocycles. The average molecular weight is 631 g/mol. The molecule has 0 bridgehead atoms. The number of hydrogen-bond donors (Lipinski definition) is 2. The molecule has 0 saturated heterocycles. The number of hydrogen-bond acceptors (Lipinski definition) is 8. The van der Waals surface area contributed by atoms with Gasteiger partial charge in [-0.15, -0.1) is 0 Å². The normalized spacial score (nSPS) is 17.8. The Hall–Kier alpha value is -3.28. The number of carbonyl (C=O) groups is 4. The second kappa shape index (κ2) is 18.0. The molecule has 0 fully saturated rings. The third-order valence-electron chi connectivity index (χ3n) is 8.90. The van der Waals surface area contributed by atoms with Gasteiger partial charge in [-0.3, -0.25) is 14.4 Å². The summed E-state index contributed by atoms with van der Waals surface area (Å²) in [7, 11) is 6.05. The lowest BCUT2D eigenvalue weighted by Gasteiger charge is -2.39. The van der Waals surface area contributed by atoms with Crippen molar-refractivity contribution in [2.24, 2.45) is 23.5 Å². The number of benzene rings is 1. The zero-order valence-corrected chi connectivity index (χ0v) is 28.4. The lowest BCUT2D eigenvalue weighted by atomic mass is 9.89. The number of ether oxygens (including phenoxy) is 3.